The molecule has 1 aliphatic heterocycles. The van der Waals surface area contributed by atoms with Crippen molar-refractivity contribution in [3.8, 4) is 11.5 Å². The highest BCUT2D eigenvalue weighted by Crippen LogP contribution is 2.45. The standard InChI is InChI=1S/C35H28ClN3O5S2/c1-2-43-28-19-25(15-18-27(28)44-20-22-9-5-3-6-10-22)30-29(31(40)24-13-16-26(36)17-14-24)32(41)33(42)39(30)34-37-38-35(46-34)45-21-23-11-7-4-8-12-23/h3-19,30,40H,2,20-21H2,1H3/b31-29+. The fourth-order valence-corrected chi connectivity index (χ4v) is 6.95. The second-order valence-electron chi connectivity index (χ2n) is 10.2. The molecule has 6 rings (SSSR count). The van der Waals surface area contributed by atoms with Gasteiger partial charge in [0.1, 0.15) is 12.4 Å². The first-order valence-corrected chi connectivity index (χ1v) is 16.6. The number of rotatable bonds is 11. The quantitative estimate of drug-likeness (QED) is 0.0495. The fourth-order valence-electron chi connectivity index (χ4n) is 5.00. The average molecular weight is 670 g/mol. The van der Waals surface area contributed by atoms with E-state index in [0.29, 0.717) is 51.0 Å². The smallest absolute Gasteiger partial charge is 0.301 e. The van der Waals surface area contributed by atoms with Crippen molar-refractivity contribution in [3.05, 3.63) is 136 Å². The van der Waals surface area contributed by atoms with E-state index in [9.17, 15) is 14.7 Å². The lowest BCUT2D eigenvalue weighted by Crippen LogP contribution is -2.29. The number of ketones is 1. The second kappa shape index (κ2) is 14.2. The van der Waals surface area contributed by atoms with E-state index >= 15 is 0 Å². The van der Waals surface area contributed by atoms with Crippen molar-refractivity contribution in [1.29, 1.82) is 0 Å². The van der Waals surface area contributed by atoms with E-state index in [1.807, 2.05) is 67.6 Å². The van der Waals surface area contributed by atoms with Gasteiger partial charge in [0.05, 0.1) is 18.2 Å². The van der Waals surface area contributed by atoms with E-state index in [1.165, 1.54) is 28.0 Å². The molecule has 0 spiro atoms. The zero-order valence-electron chi connectivity index (χ0n) is 24.6. The minimum Gasteiger partial charge on any atom is -0.507 e. The number of halogens is 1. The van der Waals surface area contributed by atoms with Crippen LogP contribution in [0, 0.1) is 0 Å². The molecule has 0 aliphatic carbocycles. The van der Waals surface area contributed by atoms with Gasteiger partial charge in [-0.2, -0.15) is 0 Å². The predicted octanol–water partition coefficient (Wildman–Crippen LogP) is 8.09. The molecular formula is C35H28ClN3O5S2. The van der Waals surface area contributed by atoms with Crippen LogP contribution in [0.3, 0.4) is 0 Å². The number of amides is 1. The molecule has 11 heteroatoms. The van der Waals surface area contributed by atoms with Gasteiger partial charge in [-0.05, 0) is 60.0 Å². The highest BCUT2D eigenvalue weighted by molar-refractivity contribution is 8.00. The summed E-state index contributed by atoms with van der Waals surface area (Å²) in [6, 6.07) is 30.3. The summed E-state index contributed by atoms with van der Waals surface area (Å²) >= 11 is 8.77. The first-order chi connectivity index (χ1) is 22.4. The summed E-state index contributed by atoms with van der Waals surface area (Å²) in [6.45, 7) is 2.54. The van der Waals surface area contributed by atoms with Crippen LogP contribution in [-0.4, -0.2) is 33.6 Å². The number of thioether (sulfide) groups is 1. The Labute approximate surface area is 279 Å². The molecule has 0 saturated carbocycles. The van der Waals surface area contributed by atoms with Gasteiger partial charge >= 0.3 is 5.91 Å². The van der Waals surface area contributed by atoms with Gasteiger partial charge in [-0.3, -0.25) is 14.5 Å². The van der Waals surface area contributed by atoms with Crippen molar-refractivity contribution in [3.63, 3.8) is 0 Å². The maximum Gasteiger partial charge on any atom is 0.301 e. The SMILES string of the molecule is CCOc1cc(C2/C(=C(\O)c3ccc(Cl)cc3)C(=O)C(=O)N2c2nnc(SCc3ccccc3)s2)ccc1OCc1ccccc1. The van der Waals surface area contributed by atoms with Gasteiger partial charge in [-0.15, -0.1) is 10.2 Å². The number of carbonyl (C=O) groups is 2. The fraction of sp³-hybridized carbons (Fsp3) is 0.143. The second-order valence-corrected chi connectivity index (χ2v) is 12.8. The Morgan fingerprint density at radius 2 is 1.59 bits per heavy atom. The monoisotopic (exact) mass is 669 g/mol. The van der Waals surface area contributed by atoms with Gasteiger partial charge in [0.15, 0.2) is 15.8 Å². The van der Waals surface area contributed by atoms with Crippen LogP contribution in [0.25, 0.3) is 5.76 Å². The Kier molecular flexibility index (Phi) is 9.68. The predicted molar refractivity (Wildman–Crippen MR) is 181 cm³/mol. The van der Waals surface area contributed by atoms with Crippen LogP contribution in [0.1, 0.15) is 35.2 Å². The summed E-state index contributed by atoms with van der Waals surface area (Å²) in [7, 11) is 0. The lowest BCUT2D eigenvalue weighted by atomic mass is 9.95. The van der Waals surface area contributed by atoms with Crippen molar-refractivity contribution >= 4 is 57.3 Å². The van der Waals surface area contributed by atoms with Crippen LogP contribution in [0.5, 0.6) is 11.5 Å². The summed E-state index contributed by atoms with van der Waals surface area (Å²) in [6.07, 6.45) is 0. The molecule has 0 bridgehead atoms. The molecule has 0 radical (unpaired) electrons. The van der Waals surface area contributed by atoms with Gasteiger partial charge < -0.3 is 14.6 Å². The van der Waals surface area contributed by atoms with E-state index in [2.05, 4.69) is 10.2 Å². The summed E-state index contributed by atoms with van der Waals surface area (Å²) in [5.74, 6) is -0.389. The third kappa shape index (κ3) is 6.79. The Bertz CT molecular complexity index is 1880. The van der Waals surface area contributed by atoms with Crippen molar-refractivity contribution in [2.45, 2.75) is 29.7 Å². The van der Waals surface area contributed by atoms with Gasteiger partial charge in [0, 0.05) is 16.3 Å². The summed E-state index contributed by atoms with van der Waals surface area (Å²) in [5.41, 5.74) is 2.89. The Hall–Kier alpha value is -4.64. The lowest BCUT2D eigenvalue weighted by Gasteiger charge is -2.23. The van der Waals surface area contributed by atoms with Crippen LogP contribution in [0.15, 0.2) is 113 Å². The first-order valence-electron chi connectivity index (χ1n) is 14.4. The largest absolute Gasteiger partial charge is 0.507 e. The van der Waals surface area contributed by atoms with Crippen molar-refractivity contribution in [2.24, 2.45) is 0 Å². The number of aliphatic hydroxyl groups excluding tert-OH is 1. The summed E-state index contributed by atoms with van der Waals surface area (Å²) < 4.78 is 12.7. The zero-order chi connectivity index (χ0) is 32.0. The highest BCUT2D eigenvalue weighted by Gasteiger charge is 2.48. The average Bonchev–Trinajstić information content (AvgIpc) is 3.65. The maximum absolute atomic E-state index is 13.7. The van der Waals surface area contributed by atoms with Crippen LogP contribution in [-0.2, 0) is 21.9 Å². The molecule has 5 aromatic rings. The molecular weight excluding hydrogens is 642 g/mol. The lowest BCUT2D eigenvalue weighted by molar-refractivity contribution is -0.132. The molecule has 1 atom stereocenters. The van der Waals surface area contributed by atoms with Gasteiger partial charge in [-0.1, -0.05) is 101 Å². The molecule has 1 saturated heterocycles. The third-order valence-corrected chi connectivity index (χ3v) is 9.57. The van der Waals surface area contributed by atoms with Crippen molar-refractivity contribution < 1.29 is 24.2 Å². The molecule has 1 unspecified atom stereocenters. The van der Waals surface area contributed by atoms with Gasteiger partial charge in [0.25, 0.3) is 5.78 Å². The number of Topliss-reactive ketones (excluding diaryl/α,β-unsaturated/α-hetero) is 1. The topological polar surface area (TPSA) is 102 Å². The van der Waals surface area contributed by atoms with E-state index in [1.54, 1.807) is 42.5 Å². The Balaban J connectivity index is 1.40. The van der Waals surface area contributed by atoms with Crippen molar-refractivity contribution in [2.75, 3.05) is 11.5 Å². The molecule has 2 heterocycles. The molecule has 232 valence electrons. The van der Waals surface area contributed by atoms with Crippen LogP contribution < -0.4 is 14.4 Å². The normalized spacial score (nSPS) is 15.7. The molecule has 8 nitrogen and oxygen atoms in total. The summed E-state index contributed by atoms with van der Waals surface area (Å²) in [5, 5.41) is 20.8. The number of aromatic nitrogens is 2. The first kappa shape index (κ1) is 31.3. The van der Waals surface area contributed by atoms with Crippen LogP contribution in [0.2, 0.25) is 5.02 Å². The van der Waals surface area contributed by atoms with Crippen LogP contribution >= 0.6 is 34.7 Å². The molecule has 1 aliphatic rings. The number of ether oxygens (including phenoxy) is 2. The van der Waals surface area contributed by atoms with Crippen molar-refractivity contribution in [1.82, 2.24) is 10.2 Å². The maximum atomic E-state index is 13.7. The Morgan fingerprint density at radius 3 is 2.28 bits per heavy atom. The number of hydrogen-bond donors (Lipinski definition) is 1. The molecule has 1 N–H and O–H groups in total. The van der Waals surface area contributed by atoms with E-state index < -0.39 is 17.7 Å². The molecule has 1 aromatic heterocycles. The Morgan fingerprint density at radius 1 is 0.891 bits per heavy atom. The molecule has 46 heavy (non-hydrogen) atoms. The number of nitrogens with zero attached hydrogens (tertiary/aromatic N) is 3. The number of carbonyl (C=O) groups excluding carboxylic acids is 2. The molecule has 1 amide bonds. The minimum atomic E-state index is -1.02. The minimum absolute atomic E-state index is 0.0820. The zero-order valence-corrected chi connectivity index (χ0v) is 27.0. The number of aliphatic hydroxyl groups is 1. The van der Waals surface area contributed by atoms with Crippen LogP contribution in [0.4, 0.5) is 5.13 Å². The number of hydrogen-bond acceptors (Lipinski definition) is 9. The van der Waals surface area contributed by atoms with Gasteiger partial charge in [-0.25, -0.2) is 0 Å². The molecule has 4 aromatic carbocycles. The number of anilines is 1. The summed E-state index contributed by atoms with van der Waals surface area (Å²) in [4.78, 5) is 28.7. The van der Waals surface area contributed by atoms with Gasteiger partial charge in [0.2, 0.25) is 5.13 Å². The van der Waals surface area contributed by atoms with E-state index in [4.69, 9.17) is 21.1 Å². The molecule has 1 fully saturated rings. The van der Waals surface area contributed by atoms with E-state index in [-0.39, 0.29) is 16.5 Å². The van der Waals surface area contributed by atoms with E-state index in [0.717, 1.165) is 11.1 Å². The highest BCUT2D eigenvalue weighted by atomic mass is 35.5. The third-order valence-electron chi connectivity index (χ3n) is 7.19. The number of benzene rings is 4.